The number of hydrogen-bond acceptors (Lipinski definition) is 5. The first-order valence-corrected chi connectivity index (χ1v) is 11.0. The lowest BCUT2D eigenvalue weighted by Gasteiger charge is -2.21. The molecule has 0 spiro atoms. The monoisotopic (exact) mass is 444 g/mol. The van der Waals surface area contributed by atoms with Crippen LogP contribution < -0.4 is 5.32 Å². The standard InChI is InChI=1S/C16H21BrN4O2S2/c1-12-20-14(11-24-12)10-21(3)16(18-2)19-8-9-25(22,23)15-6-4-13(17)5-7-15/h4-7,11H,8-10H2,1-3H3,(H,18,19). The van der Waals surface area contributed by atoms with Crippen LogP contribution in [0.4, 0.5) is 0 Å². The Morgan fingerprint density at radius 1 is 1.36 bits per heavy atom. The van der Waals surface area contributed by atoms with Gasteiger partial charge in [0.15, 0.2) is 15.8 Å². The van der Waals surface area contributed by atoms with Crippen molar-refractivity contribution in [3.63, 3.8) is 0 Å². The van der Waals surface area contributed by atoms with Crippen molar-refractivity contribution >= 4 is 43.1 Å². The van der Waals surface area contributed by atoms with Crippen LogP contribution >= 0.6 is 27.3 Å². The molecule has 1 heterocycles. The maximum atomic E-state index is 12.4. The van der Waals surface area contributed by atoms with Crippen molar-refractivity contribution in [2.24, 2.45) is 4.99 Å². The van der Waals surface area contributed by atoms with Crippen molar-refractivity contribution in [3.05, 3.63) is 44.8 Å². The number of aliphatic imine (C=N–C) groups is 1. The zero-order chi connectivity index (χ0) is 18.4. The molecule has 6 nitrogen and oxygen atoms in total. The van der Waals surface area contributed by atoms with Crippen LogP contribution in [-0.4, -0.2) is 50.7 Å². The molecule has 0 aliphatic carbocycles. The van der Waals surface area contributed by atoms with Crippen LogP contribution in [0.15, 0.2) is 44.0 Å². The van der Waals surface area contributed by atoms with Gasteiger partial charge in [0.25, 0.3) is 0 Å². The summed E-state index contributed by atoms with van der Waals surface area (Å²) >= 11 is 4.91. The average molecular weight is 445 g/mol. The van der Waals surface area contributed by atoms with Crippen molar-refractivity contribution < 1.29 is 8.42 Å². The molecule has 2 rings (SSSR count). The van der Waals surface area contributed by atoms with Crippen LogP contribution in [0.1, 0.15) is 10.7 Å². The Kier molecular flexibility index (Phi) is 6.97. The van der Waals surface area contributed by atoms with Crippen molar-refractivity contribution in [1.82, 2.24) is 15.2 Å². The van der Waals surface area contributed by atoms with Crippen LogP contribution in [0.2, 0.25) is 0 Å². The lowest BCUT2D eigenvalue weighted by Crippen LogP contribution is -2.40. The number of aryl methyl sites for hydroxylation is 1. The van der Waals surface area contributed by atoms with Crippen LogP contribution in [0.3, 0.4) is 0 Å². The first kappa shape index (κ1) is 19.9. The number of guanidine groups is 1. The lowest BCUT2D eigenvalue weighted by molar-refractivity contribution is 0.472. The second-order valence-electron chi connectivity index (χ2n) is 5.46. The average Bonchev–Trinajstić information content (AvgIpc) is 2.96. The minimum absolute atomic E-state index is 0.00268. The van der Waals surface area contributed by atoms with Gasteiger partial charge in [-0.05, 0) is 31.2 Å². The minimum Gasteiger partial charge on any atom is -0.355 e. The Balaban J connectivity index is 1.91. The second kappa shape index (κ2) is 8.77. The van der Waals surface area contributed by atoms with E-state index in [0.29, 0.717) is 17.4 Å². The molecule has 0 fully saturated rings. The van der Waals surface area contributed by atoms with Crippen LogP contribution in [0.25, 0.3) is 0 Å². The molecule has 1 aromatic heterocycles. The molecule has 1 N–H and O–H groups in total. The topological polar surface area (TPSA) is 74.7 Å². The molecule has 0 bridgehead atoms. The second-order valence-corrected chi connectivity index (χ2v) is 9.55. The van der Waals surface area contributed by atoms with E-state index in [4.69, 9.17) is 0 Å². The fourth-order valence-electron chi connectivity index (χ4n) is 2.24. The number of nitrogens with one attached hydrogen (secondary N) is 1. The molecule has 0 saturated carbocycles. The number of sulfone groups is 1. The summed E-state index contributed by atoms with van der Waals surface area (Å²) in [6.45, 7) is 2.86. The van der Waals surface area contributed by atoms with E-state index in [1.807, 2.05) is 24.3 Å². The zero-order valence-corrected chi connectivity index (χ0v) is 17.6. The van der Waals surface area contributed by atoms with Crippen molar-refractivity contribution in [2.75, 3.05) is 26.4 Å². The molecule has 0 aliphatic rings. The molecule has 0 atom stereocenters. The third kappa shape index (κ3) is 5.79. The summed E-state index contributed by atoms with van der Waals surface area (Å²) in [6.07, 6.45) is 0. The molecular formula is C16H21BrN4O2S2. The summed E-state index contributed by atoms with van der Waals surface area (Å²) in [5, 5.41) is 6.13. The third-order valence-electron chi connectivity index (χ3n) is 3.47. The van der Waals surface area contributed by atoms with E-state index in [1.165, 1.54) is 0 Å². The number of nitrogens with zero attached hydrogens (tertiary/aromatic N) is 3. The van der Waals surface area contributed by atoms with Gasteiger partial charge in [0.2, 0.25) is 0 Å². The summed E-state index contributed by atoms with van der Waals surface area (Å²) in [5.74, 6) is 0.633. The van der Waals surface area contributed by atoms with Gasteiger partial charge in [-0.1, -0.05) is 15.9 Å². The van der Waals surface area contributed by atoms with Crippen LogP contribution in [0.5, 0.6) is 0 Å². The highest BCUT2D eigenvalue weighted by Gasteiger charge is 2.15. The van der Waals surface area contributed by atoms with Crippen molar-refractivity contribution in [1.29, 1.82) is 0 Å². The van der Waals surface area contributed by atoms with Gasteiger partial charge in [0, 0.05) is 30.5 Å². The van der Waals surface area contributed by atoms with E-state index in [9.17, 15) is 8.42 Å². The summed E-state index contributed by atoms with van der Waals surface area (Å²) < 4.78 is 25.6. The van der Waals surface area contributed by atoms with Crippen LogP contribution in [-0.2, 0) is 16.4 Å². The number of hydrogen-bond donors (Lipinski definition) is 1. The Hall–Kier alpha value is -1.45. The first-order chi connectivity index (χ1) is 11.8. The zero-order valence-electron chi connectivity index (χ0n) is 14.4. The first-order valence-electron chi connectivity index (χ1n) is 7.63. The number of rotatable bonds is 6. The SMILES string of the molecule is CN=C(NCCS(=O)(=O)c1ccc(Br)cc1)N(C)Cc1csc(C)n1. The third-order valence-corrected chi connectivity index (χ3v) is 6.55. The lowest BCUT2D eigenvalue weighted by atomic mass is 10.4. The van der Waals surface area contributed by atoms with Gasteiger partial charge >= 0.3 is 0 Å². The Bertz CT molecular complexity index is 832. The number of aromatic nitrogens is 1. The van der Waals surface area contributed by atoms with Gasteiger partial charge in [-0.3, -0.25) is 4.99 Å². The van der Waals surface area contributed by atoms with Gasteiger partial charge in [-0.2, -0.15) is 0 Å². The van der Waals surface area contributed by atoms with Crippen molar-refractivity contribution in [3.8, 4) is 0 Å². The molecule has 2 aromatic rings. The Morgan fingerprint density at radius 3 is 2.60 bits per heavy atom. The van der Waals surface area contributed by atoms with Gasteiger partial charge in [-0.15, -0.1) is 11.3 Å². The quantitative estimate of drug-likeness (QED) is 0.547. The molecule has 0 radical (unpaired) electrons. The molecular weight excluding hydrogens is 424 g/mol. The maximum absolute atomic E-state index is 12.4. The number of halogens is 1. The Morgan fingerprint density at radius 2 is 2.04 bits per heavy atom. The van der Waals surface area contributed by atoms with E-state index < -0.39 is 9.84 Å². The maximum Gasteiger partial charge on any atom is 0.193 e. The van der Waals surface area contributed by atoms with E-state index in [2.05, 4.69) is 31.2 Å². The molecule has 25 heavy (non-hydrogen) atoms. The van der Waals surface area contributed by atoms with Crippen LogP contribution in [0, 0.1) is 6.92 Å². The molecule has 0 amide bonds. The van der Waals surface area contributed by atoms with E-state index in [0.717, 1.165) is 15.2 Å². The van der Waals surface area contributed by atoms with Gasteiger partial charge < -0.3 is 10.2 Å². The molecule has 0 unspecified atom stereocenters. The fraction of sp³-hybridized carbons (Fsp3) is 0.375. The fourth-order valence-corrected chi connectivity index (χ4v) is 4.27. The van der Waals surface area contributed by atoms with Gasteiger partial charge in [0.1, 0.15) is 0 Å². The predicted octanol–water partition coefficient (Wildman–Crippen LogP) is 2.70. The predicted molar refractivity (Wildman–Crippen MR) is 106 cm³/mol. The van der Waals surface area contributed by atoms with E-state index in [1.54, 1.807) is 42.6 Å². The van der Waals surface area contributed by atoms with Crippen molar-refractivity contribution in [2.45, 2.75) is 18.4 Å². The van der Waals surface area contributed by atoms with E-state index in [-0.39, 0.29) is 12.3 Å². The normalized spacial score (nSPS) is 12.2. The highest BCUT2D eigenvalue weighted by Crippen LogP contribution is 2.15. The van der Waals surface area contributed by atoms with Gasteiger partial charge in [0.05, 0.1) is 27.9 Å². The largest absolute Gasteiger partial charge is 0.355 e. The summed E-state index contributed by atoms with van der Waals surface area (Å²) in [6, 6.07) is 6.65. The minimum atomic E-state index is -3.33. The number of thiazole rings is 1. The summed E-state index contributed by atoms with van der Waals surface area (Å²) in [7, 11) is 0.241. The highest BCUT2D eigenvalue weighted by molar-refractivity contribution is 9.10. The molecule has 0 saturated heterocycles. The molecule has 1 aromatic carbocycles. The van der Waals surface area contributed by atoms with E-state index >= 15 is 0 Å². The summed E-state index contributed by atoms with van der Waals surface area (Å²) in [4.78, 5) is 10.9. The molecule has 0 aliphatic heterocycles. The molecule has 9 heteroatoms. The molecule has 136 valence electrons. The Labute approximate surface area is 161 Å². The highest BCUT2D eigenvalue weighted by atomic mass is 79.9. The number of benzene rings is 1. The smallest absolute Gasteiger partial charge is 0.193 e. The summed E-state index contributed by atoms with van der Waals surface area (Å²) in [5.41, 5.74) is 0.968. The van der Waals surface area contributed by atoms with Gasteiger partial charge in [-0.25, -0.2) is 13.4 Å².